The Kier molecular flexibility index (Phi) is 6.06. The normalized spacial score (nSPS) is 14.6. The minimum absolute atomic E-state index is 0.202. The number of nitrogens with zero attached hydrogens (tertiary/aromatic N) is 4. The summed E-state index contributed by atoms with van der Waals surface area (Å²) in [5.74, 6) is 0.0743. The van der Waals surface area contributed by atoms with Crippen molar-refractivity contribution in [3.05, 3.63) is 76.1 Å². The molecule has 2 aromatic carbocycles. The van der Waals surface area contributed by atoms with E-state index in [1.165, 1.54) is 7.11 Å². The first-order valence-electron chi connectivity index (χ1n) is 10.0. The molecule has 0 amide bonds. The average Bonchev–Trinajstić information content (AvgIpc) is 2.79. The van der Waals surface area contributed by atoms with Crippen molar-refractivity contribution >= 4 is 34.4 Å². The Morgan fingerprint density at radius 1 is 1.16 bits per heavy atom. The molecule has 0 spiro atoms. The molecule has 1 aliphatic heterocycles. The fourth-order valence-electron chi connectivity index (χ4n) is 3.77. The Balaban J connectivity index is 1.86. The Morgan fingerprint density at radius 2 is 1.87 bits per heavy atom. The molecule has 4 rings (SSSR count). The zero-order valence-corrected chi connectivity index (χ0v) is 18.0. The molecule has 2 heterocycles. The van der Waals surface area contributed by atoms with Crippen LogP contribution in [0.3, 0.4) is 0 Å². The zero-order valence-electron chi connectivity index (χ0n) is 17.3. The highest BCUT2D eigenvalue weighted by Gasteiger charge is 2.23. The van der Waals surface area contributed by atoms with Gasteiger partial charge < -0.3 is 9.64 Å². The standard InChI is InChI=1S/C23H23ClN4O3/c1-3-10-26-11-13-27(14-12-26)23-25-20-15-16(22(30)31-2)4-9-19(20)21(29)28(23)18-7-5-17(24)6-8-18/h3-9,15H,1,10-14H2,2H3. The van der Waals surface area contributed by atoms with Gasteiger partial charge in [-0.25, -0.2) is 14.3 Å². The van der Waals surface area contributed by atoms with Crippen LogP contribution in [0.1, 0.15) is 10.4 Å². The number of benzene rings is 2. The van der Waals surface area contributed by atoms with E-state index in [1.807, 2.05) is 6.08 Å². The number of hydrogen-bond donors (Lipinski definition) is 0. The van der Waals surface area contributed by atoms with E-state index in [2.05, 4.69) is 16.4 Å². The number of piperazine rings is 1. The number of ether oxygens (including phenoxy) is 1. The third-order valence-corrected chi connectivity index (χ3v) is 5.65. The molecule has 0 N–H and O–H groups in total. The fourth-order valence-corrected chi connectivity index (χ4v) is 3.89. The minimum Gasteiger partial charge on any atom is -0.465 e. The highest BCUT2D eigenvalue weighted by molar-refractivity contribution is 6.30. The predicted molar refractivity (Wildman–Crippen MR) is 123 cm³/mol. The van der Waals surface area contributed by atoms with Gasteiger partial charge in [0.1, 0.15) is 0 Å². The Bertz CT molecular complexity index is 1180. The summed E-state index contributed by atoms with van der Waals surface area (Å²) in [6.45, 7) is 7.74. The van der Waals surface area contributed by atoms with Crippen LogP contribution in [0.5, 0.6) is 0 Å². The van der Waals surface area contributed by atoms with Gasteiger partial charge in [-0.15, -0.1) is 6.58 Å². The van der Waals surface area contributed by atoms with Crippen LogP contribution >= 0.6 is 11.6 Å². The molecule has 31 heavy (non-hydrogen) atoms. The molecule has 0 radical (unpaired) electrons. The second-order valence-corrected chi connectivity index (χ2v) is 7.77. The summed E-state index contributed by atoms with van der Waals surface area (Å²) < 4.78 is 6.43. The maximum Gasteiger partial charge on any atom is 0.337 e. The molecule has 1 aromatic heterocycles. The number of halogens is 1. The highest BCUT2D eigenvalue weighted by atomic mass is 35.5. The Hall–Kier alpha value is -3.16. The first kappa shape index (κ1) is 21.1. The number of esters is 1. The second kappa shape index (κ2) is 8.91. The van der Waals surface area contributed by atoms with Crippen molar-refractivity contribution < 1.29 is 9.53 Å². The molecule has 1 aliphatic rings. The first-order valence-corrected chi connectivity index (χ1v) is 10.4. The van der Waals surface area contributed by atoms with Crippen LogP contribution in [0.4, 0.5) is 5.95 Å². The Morgan fingerprint density at radius 3 is 2.52 bits per heavy atom. The number of fused-ring (bicyclic) bond motifs is 1. The molecule has 160 valence electrons. The van der Waals surface area contributed by atoms with Crippen molar-refractivity contribution in [3.63, 3.8) is 0 Å². The molecule has 0 bridgehead atoms. The molecule has 0 atom stereocenters. The van der Waals surface area contributed by atoms with Crippen LogP contribution in [0.15, 0.2) is 59.9 Å². The predicted octanol–water partition coefficient (Wildman–Crippen LogP) is 3.13. The number of carbonyl (C=O) groups excluding carboxylic acids is 1. The summed E-state index contributed by atoms with van der Waals surface area (Å²) in [4.78, 5) is 34.7. The van der Waals surface area contributed by atoms with Gasteiger partial charge in [0.2, 0.25) is 5.95 Å². The third kappa shape index (κ3) is 4.19. The molecule has 0 aliphatic carbocycles. The van der Waals surface area contributed by atoms with E-state index in [9.17, 15) is 9.59 Å². The highest BCUT2D eigenvalue weighted by Crippen LogP contribution is 2.23. The van der Waals surface area contributed by atoms with Crippen molar-refractivity contribution in [1.82, 2.24) is 14.5 Å². The van der Waals surface area contributed by atoms with Gasteiger partial charge in [-0.05, 0) is 42.5 Å². The number of carbonyl (C=O) groups is 1. The summed E-state index contributed by atoms with van der Waals surface area (Å²) in [7, 11) is 1.33. The number of aromatic nitrogens is 2. The van der Waals surface area contributed by atoms with Crippen LogP contribution in [-0.4, -0.2) is 60.3 Å². The zero-order chi connectivity index (χ0) is 22.0. The molecule has 8 heteroatoms. The van der Waals surface area contributed by atoms with Gasteiger partial charge in [-0.3, -0.25) is 9.69 Å². The maximum atomic E-state index is 13.5. The molecule has 3 aromatic rings. The van der Waals surface area contributed by atoms with Gasteiger partial charge in [0.05, 0.1) is 29.3 Å². The molecular weight excluding hydrogens is 416 g/mol. The average molecular weight is 439 g/mol. The largest absolute Gasteiger partial charge is 0.465 e. The van der Waals surface area contributed by atoms with Crippen molar-refractivity contribution in [3.8, 4) is 5.69 Å². The van der Waals surface area contributed by atoms with Crippen molar-refractivity contribution in [2.45, 2.75) is 0 Å². The van der Waals surface area contributed by atoms with Crippen LogP contribution in [0, 0.1) is 0 Å². The van der Waals surface area contributed by atoms with E-state index in [0.29, 0.717) is 33.1 Å². The van der Waals surface area contributed by atoms with Crippen molar-refractivity contribution in [2.75, 3.05) is 44.7 Å². The monoisotopic (exact) mass is 438 g/mol. The molecule has 0 saturated carbocycles. The number of methoxy groups -OCH3 is 1. The number of anilines is 1. The van der Waals surface area contributed by atoms with Crippen molar-refractivity contribution in [1.29, 1.82) is 0 Å². The molecule has 0 unspecified atom stereocenters. The number of rotatable bonds is 5. The summed E-state index contributed by atoms with van der Waals surface area (Å²) in [6, 6.07) is 11.9. The van der Waals surface area contributed by atoms with E-state index >= 15 is 0 Å². The van der Waals surface area contributed by atoms with Gasteiger partial charge in [-0.2, -0.15) is 0 Å². The van der Waals surface area contributed by atoms with Gasteiger partial charge in [0.15, 0.2) is 0 Å². The quantitative estimate of drug-likeness (QED) is 0.450. The van der Waals surface area contributed by atoms with Gasteiger partial charge in [0, 0.05) is 37.7 Å². The summed E-state index contributed by atoms with van der Waals surface area (Å²) in [5.41, 5.74) is 1.30. The van der Waals surface area contributed by atoms with E-state index < -0.39 is 5.97 Å². The lowest BCUT2D eigenvalue weighted by molar-refractivity contribution is 0.0601. The number of hydrogen-bond acceptors (Lipinski definition) is 6. The first-order chi connectivity index (χ1) is 15.0. The van der Waals surface area contributed by atoms with E-state index in [4.69, 9.17) is 21.3 Å². The summed E-state index contributed by atoms with van der Waals surface area (Å²) >= 11 is 6.06. The van der Waals surface area contributed by atoms with Crippen LogP contribution < -0.4 is 10.5 Å². The van der Waals surface area contributed by atoms with Crippen LogP contribution in [0.2, 0.25) is 5.02 Å². The smallest absolute Gasteiger partial charge is 0.337 e. The van der Waals surface area contributed by atoms with Gasteiger partial charge in [-0.1, -0.05) is 17.7 Å². The fraction of sp³-hybridized carbons (Fsp3) is 0.261. The van der Waals surface area contributed by atoms with E-state index in [-0.39, 0.29) is 5.56 Å². The summed E-state index contributed by atoms with van der Waals surface area (Å²) in [6.07, 6.45) is 1.89. The van der Waals surface area contributed by atoms with Crippen molar-refractivity contribution in [2.24, 2.45) is 0 Å². The minimum atomic E-state index is -0.467. The summed E-state index contributed by atoms with van der Waals surface area (Å²) in [5, 5.41) is 1.02. The second-order valence-electron chi connectivity index (χ2n) is 7.33. The van der Waals surface area contributed by atoms with E-state index in [1.54, 1.807) is 47.0 Å². The van der Waals surface area contributed by atoms with Gasteiger partial charge >= 0.3 is 5.97 Å². The van der Waals surface area contributed by atoms with Gasteiger partial charge in [0.25, 0.3) is 5.56 Å². The molecular formula is C23H23ClN4O3. The topological polar surface area (TPSA) is 67.7 Å². The van der Waals surface area contributed by atoms with Crippen LogP contribution in [0.25, 0.3) is 16.6 Å². The lowest BCUT2D eigenvalue weighted by Gasteiger charge is -2.35. The molecule has 1 fully saturated rings. The lowest BCUT2D eigenvalue weighted by atomic mass is 10.1. The van der Waals surface area contributed by atoms with E-state index in [0.717, 1.165) is 32.7 Å². The molecule has 1 saturated heterocycles. The Labute approximate surface area is 185 Å². The van der Waals surface area contributed by atoms with Crippen LogP contribution in [-0.2, 0) is 4.74 Å². The SMILES string of the molecule is C=CCN1CCN(c2nc3cc(C(=O)OC)ccc3c(=O)n2-c2ccc(Cl)cc2)CC1. The molecule has 7 nitrogen and oxygen atoms in total. The lowest BCUT2D eigenvalue weighted by Crippen LogP contribution is -2.48. The maximum absolute atomic E-state index is 13.5. The third-order valence-electron chi connectivity index (χ3n) is 5.40.